The van der Waals surface area contributed by atoms with Crippen LogP contribution in [-0.4, -0.2) is 205 Å². The molecular formula is C75H93Cl2N11O23. The number of amides is 7. The molecular weight excluding hydrogens is 1490 g/mol. The smallest absolute Gasteiger partial charge is 0.330 e. The molecule has 11 bridgehead atoms. The number of phenols is 3. The van der Waals surface area contributed by atoms with Crippen molar-refractivity contribution in [3.05, 3.63) is 117 Å². The average molecular weight is 1590 g/mol. The molecule has 1 aliphatic carbocycles. The Balaban J connectivity index is 1.11. The van der Waals surface area contributed by atoms with Gasteiger partial charge in [-0.3, -0.25) is 33.6 Å². The summed E-state index contributed by atoms with van der Waals surface area (Å²) in [5, 5.41) is 129. The predicted molar refractivity (Wildman–Crippen MR) is 395 cm³/mol. The van der Waals surface area contributed by atoms with E-state index in [1.807, 2.05) is 13.8 Å². The van der Waals surface area contributed by atoms with Crippen molar-refractivity contribution in [2.45, 2.75) is 188 Å². The number of phenolic OH excluding ortho intramolecular Hbond substituents is 3. The summed E-state index contributed by atoms with van der Waals surface area (Å²) in [7, 11) is 1.49. The van der Waals surface area contributed by atoms with Crippen molar-refractivity contribution in [3.63, 3.8) is 0 Å². The molecule has 600 valence electrons. The molecule has 0 aromatic heterocycles. The van der Waals surface area contributed by atoms with Gasteiger partial charge in [0.15, 0.2) is 29.9 Å². The highest BCUT2D eigenvalue weighted by atomic mass is 35.5. The third-order valence-corrected chi connectivity index (χ3v) is 21.4. The first-order chi connectivity index (χ1) is 52.7. The van der Waals surface area contributed by atoms with Gasteiger partial charge in [0.2, 0.25) is 53.4 Å². The van der Waals surface area contributed by atoms with Gasteiger partial charge >= 0.3 is 5.97 Å². The maximum absolute atomic E-state index is 16.2. The van der Waals surface area contributed by atoms with E-state index in [4.69, 9.17) is 63.1 Å². The number of aliphatic hydroxyl groups is 5. The van der Waals surface area contributed by atoms with Crippen LogP contribution in [0.4, 0.5) is 0 Å². The van der Waals surface area contributed by atoms with Crippen molar-refractivity contribution in [3.8, 4) is 57.1 Å². The molecule has 1 saturated carbocycles. The van der Waals surface area contributed by atoms with E-state index in [-0.39, 0.29) is 52.0 Å². The van der Waals surface area contributed by atoms with Gasteiger partial charge in [0, 0.05) is 54.4 Å². The molecule has 18 atom stereocenters. The van der Waals surface area contributed by atoms with Gasteiger partial charge in [0.1, 0.15) is 89.5 Å². The van der Waals surface area contributed by atoms with Gasteiger partial charge in [-0.05, 0) is 135 Å². The first-order valence-electron chi connectivity index (χ1n) is 36.5. The van der Waals surface area contributed by atoms with Crippen molar-refractivity contribution >= 4 is 70.5 Å². The number of nitrogens with two attached hydrogens (primary N) is 2. The molecule has 7 aliphatic heterocycles. The van der Waals surface area contributed by atoms with Crippen LogP contribution in [0.1, 0.15) is 137 Å². The van der Waals surface area contributed by atoms with Crippen molar-refractivity contribution in [1.29, 1.82) is 0 Å². The molecule has 111 heavy (non-hydrogen) atoms. The van der Waals surface area contributed by atoms with Gasteiger partial charge in [-0.1, -0.05) is 74.5 Å². The van der Waals surface area contributed by atoms with E-state index < -0.39 is 231 Å². The molecule has 36 heteroatoms. The lowest BCUT2D eigenvalue weighted by atomic mass is 9.85. The number of carbonyl (C=O) groups excluding carboxylic acids is 7. The van der Waals surface area contributed by atoms with Crippen LogP contribution in [0.3, 0.4) is 0 Å². The minimum absolute atomic E-state index is 0.0776. The van der Waals surface area contributed by atoms with Gasteiger partial charge in [0.05, 0.1) is 34.7 Å². The number of halogens is 2. The summed E-state index contributed by atoms with van der Waals surface area (Å²) < 4.78 is 39.7. The predicted octanol–water partition coefficient (Wildman–Crippen LogP) is 1.87. The summed E-state index contributed by atoms with van der Waals surface area (Å²) in [6.45, 7) is 8.36. The lowest BCUT2D eigenvalue weighted by Gasteiger charge is -2.48. The Hall–Kier alpha value is -9.24. The molecule has 7 amide bonds. The topological polar surface area (TPSA) is 534 Å². The molecule has 5 aromatic rings. The molecule has 34 nitrogen and oxygen atoms in total. The second-order valence-corrected chi connectivity index (χ2v) is 30.1. The van der Waals surface area contributed by atoms with Gasteiger partial charge in [-0.25, -0.2) is 4.79 Å². The highest BCUT2D eigenvalue weighted by molar-refractivity contribution is 6.32. The van der Waals surface area contributed by atoms with Gasteiger partial charge in [0.25, 0.3) is 0 Å². The quantitative estimate of drug-likeness (QED) is 0.0525. The first-order valence-corrected chi connectivity index (χ1v) is 37.2. The molecule has 0 spiro atoms. The Morgan fingerprint density at radius 1 is 0.703 bits per heavy atom. The van der Waals surface area contributed by atoms with Crippen LogP contribution in [0.15, 0.2) is 78.9 Å². The normalized spacial score (nSPS) is 28.9. The van der Waals surface area contributed by atoms with Crippen molar-refractivity contribution < 1.29 is 113 Å². The van der Waals surface area contributed by atoms with Gasteiger partial charge in [-0.15, -0.1) is 0 Å². The van der Waals surface area contributed by atoms with Crippen LogP contribution >= 0.6 is 23.2 Å². The van der Waals surface area contributed by atoms with Crippen LogP contribution in [0.25, 0.3) is 11.1 Å². The molecule has 8 aliphatic rings. The molecule has 13 rings (SSSR count). The number of hydrogen-bond donors (Lipinski definition) is 20. The Labute approximate surface area is 646 Å². The van der Waals surface area contributed by atoms with Crippen LogP contribution in [0.2, 0.25) is 10.0 Å². The van der Waals surface area contributed by atoms with E-state index in [1.165, 1.54) is 44.5 Å². The molecule has 7 heterocycles. The van der Waals surface area contributed by atoms with E-state index in [1.54, 1.807) is 13.8 Å². The number of aliphatic carboxylic acids is 1. The number of rotatable bonds is 19. The number of carboxylic acid groups (broad SMARTS) is 1. The summed E-state index contributed by atoms with van der Waals surface area (Å²) in [5.41, 5.74) is 8.18. The monoisotopic (exact) mass is 1590 g/mol. The first kappa shape index (κ1) is 82.7. The van der Waals surface area contributed by atoms with E-state index >= 15 is 14.4 Å². The van der Waals surface area contributed by atoms with Crippen LogP contribution in [0.5, 0.6) is 46.0 Å². The lowest BCUT2D eigenvalue weighted by molar-refractivity contribution is -0.331. The van der Waals surface area contributed by atoms with Crippen molar-refractivity contribution in [2.24, 2.45) is 23.3 Å². The minimum Gasteiger partial charge on any atom is -0.508 e. The summed E-state index contributed by atoms with van der Waals surface area (Å²) in [5.74, 6) is -15.1. The summed E-state index contributed by atoms with van der Waals surface area (Å²) in [6, 6.07) is -0.211. The zero-order valence-corrected chi connectivity index (χ0v) is 62.6. The highest BCUT2D eigenvalue weighted by Crippen LogP contribution is 2.50. The fraction of sp³-hybridized carbons (Fsp3) is 0.493. The SMILES string of the molecule is CN[C@H](CC(C)C)C(=O)N[C@H]1C(=O)N[C@@H](CC(N)=O)C(=O)N[C@H]2C(=O)N[C@H]3C(=O)N[C@H](C(=O)N[C@H](C(=O)O)c4cc(O)cc(O)c4-c4cc3ccc4O)[C@H](O)c3ccc(c(Cl)c3)Oc3cc2cc(c3O[C@@H]2O[C@H](CN)[C@@H](O)[C@H](O)[C@H]2O[C@H]2C[C@](C)(NCCNCC3CCCCC3)[C@H](O)[C@H](C)O2)Oc2ccc(cc2Cl)[C@H]1O. The van der Waals surface area contributed by atoms with Gasteiger partial charge in [-0.2, -0.15) is 0 Å². The second-order valence-electron chi connectivity index (χ2n) is 29.3. The third-order valence-electron chi connectivity index (χ3n) is 20.8. The van der Waals surface area contributed by atoms with Crippen molar-refractivity contribution in [1.82, 2.24) is 47.9 Å². The molecule has 2 saturated heterocycles. The molecule has 0 unspecified atom stereocenters. The van der Waals surface area contributed by atoms with E-state index in [0.29, 0.717) is 19.0 Å². The number of aromatic hydroxyl groups is 3. The second kappa shape index (κ2) is 35.2. The van der Waals surface area contributed by atoms with Crippen LogP contribution in [0, 0.1) is 11.8 Å². The van der Waals surface area contributed by atoms with Crippen LogP contribution in [-0.2, 0) is 52.6 Å². The van der Waals surface area contributed by atoms with E-state index in [9.17, 15) is 69.9 Å². The largest absolute Gasteiger partial charge is 0.508 e. The van der Waals surface area contributed by atoms with E-state index in [2.05, 4.69) is 47.9 Å². The number of carbonyl (C=O) groups is 8. The summed E-state index contributed by atoms with van der Waals surface area (Å²) in [6.07, 6.45) is -11.7. The lowest BCUT2D eigenvalue weighted by Crippen LogP contribution is -2.66. The Morgan fingerprint density at radius 2 is 1.33 bits per heavy atom. The Kier molecular flexibility index (Phi) is 26.2. The third kappa shape index (κ3) is 18.6. The molecule has 5 aromatic carbocycles. The molecule has 3 fully saturated rings. The molecule has 22 N–H and O–H groups in total. The number of nitrogens with one attached hydrogen (secondary N) is 9. The van der Waals surface area contributed by atoms with Crippen LogP contribution < -0.4 is 73.5 Å². The number of aliphatic hydroxyl groups excluding tert-OH is 5. The Morgan fingerprint density at radius 3 is 1.95 bits per heavy atom. The summed E-state index contributed by atoms with van der Waals surface area (Å²) >= 11 is 14.3. The fourth-order valence-corrected chi connectivity index (χ4v) is 15.3. The number of carboxylic acids is 1. The number of ether oxygens (including phenoxy) is 6. The fourth-order valence-electron chi connectivity index (χ4n) is 14.8. The number of primary amides is 1. The zero-order valence-electron chi connectivity index (χ0n) is 61.1. The minimum atomic E-state index is -2.33. The number of hydrogen-bond acceptors (Lipinski definition) is 26. The van der Waals surface area contributed by atoms with E-state index in [0.717, 1.165) is 80.1 Å². The zero-order chi connectivity index (χ0) is 80.2. The van der Waals surface area contributed by atoms with Crippen molar-refractivity contribution in [2.75, 3.05) is 33.2 Å². The number of benzene rings is 5. The average Bonchev–Trinajstić information content (AvgIpc) is 0.768. The maximum atomic E-state index is 16.2. The highest BCUT2D eigenvalue weighted by Gasteiger charge is 2.52. The molecule has 0 radical (unpaired) electrons. The summed E-state index contributed by atoms with van der Waals surface area (Å²) in [4.78, 5) is 118. The number of fused-ring (bicyclic) bond motifs is 15. The van der Waals surface area contributed by atoms with Gasteiger partial charge < -0.3 is 134 Å². The maximum Gasteiger partial charge on any atom is 0.330 e. The standard InChI is InChI=1S/C75H93Cl2N11O23/c1-31(2)19-43(80-5)67(98)87-58-60(93)35-12-15-47(41(76)21-35)107-49-23-37-24-50(64(49)111-74-65(63(96)62(95)51(29-78)109-74)110-53-28-75(4,66(97)32(3)106-53)82-18-17-81-30-33-9-7-6-8-10-33)108-48-16-13-36(22-42(48)77)61(94)59-72(103)86-57(73(104)105)40-25-38(89)26-46(91)54(40)39-20-34(11-14-45(39)90)55(69(100)88-59)85-70(101)56(37)84-68(99)44(27-52(79)92)83-71(58)102/h11-16,20-26,31-33,43-44,51,53,55-63,65-66,74,80-82,89-91,93-97H,6-10,17-19,27-30,78H2,1-5H3,(H2,79,92)(H,83,102)(H,84,99)(H,85,101)(H,86,103)(H,87,98)(H,88,100)(H,104,105)/t32-,43+,44-,51+,53-,55+,56+,57-,58+,59-,60+,61+,62+,63-,65+,66+,74-,75-/m0/s1. The number of likely N-dealkylation sites (N-methyl/N-ethyl adjacent to an activating group) is 1. The Bertz CT molecular complexity index is 4330.